The normalized spacial score (nSPS) is 15.5. The van der Waals surface area contributed by atoms with Crippen LogP contribution in [0.25, 0.3) is 11.5 Å². The highest BCUT2D eigenvalue weighted by molar-refractivity contribution is 5.99. The average molecular weight is 730 g/mol. The number of alkyl halides is 4. The molecule has 7 rings (SSSR count). The maximum absolute atomic E-state index is 12.6. The van der Waals surface area contributed by atoms with Crippen LogP contribution in [-0.2, 0) is 28.5 Å². The van der Waals surface area contributed by atoms with E-state index in [4.69, 9.17) is 4.42 Å². The molecule has 0 atom stereocenters. The van der Waals surface area contributed by atoms with Gasteiger partial charge in [-0.25, -0.2) is 19.9 Å². The Morgan fingerprint density at radius 1 is 0.755 bits per heavy atom. The Hall–Kier alpha value is -5.40. The smallest absolute Gasteiger partial charge is 0.315 e. The van der Waals surface area contributed by atoms with Crippen molar-refractivity contribution < 1.29 is 31.6 Å². The van der Waals surface area contributed by atoms with Crippen molar-refractivity contribution in [1.29, 1.82) is 0 Å². The fourth-order valence-electron chi connectivity index (χ4n) is 6.83. The van der Waals surface area contributed by atoms with Crippen molar-refractivity contribution in [3.8, 4) is 11.5 Å². The molecule has 0 saturated heterocycles. The molecule has 2 saturated carbocycles. The second kappa shape index (κ2) is 16.1. The van der Waals surface area contributed by atoms with Gasteiger partial charge in [-0.3, -0.25) is 9.59 Å². The second-order valence-corrected chi connectivity index (χ2v) is 13.8. The van der Waals surface area contributed by atoms with E-state index in [2.05, 4.69) is 92.5 Å². The Morgan fingerprint density at radius 3 is 1.68 bits per heavy atom. The summed E-state index contributed by atoms with van der Waals surface area (Å²) in [5.74, 6) is -1.30. The summed E-state index contributed by atoms with van der Waals surface area (Å²) in [7, 11) is 0. The minimum atomic E-state index is -3.14. The molecule has 0 spiro atoms. The lowest BCUT2D eigenvalue weighted by molar-refractivity contribution is -0.131. The first-order valence-electron chi connectivity index (χ1n) is 17.4. The third-order valence-corrected chi connectivity index (χ3v) is 10.1. The van der Waals surface area contributed by atoms with Crippen LogP contribution in [-0.4, -0.2) is 54.8 Å². The number of aromatic nitrogens is 6. The Morgan fingerprint density at radius 2 is 1.26 bits per heavy atom. The number of carbonyl (C=O) groups is 2. The highest BCUT2D eigenvalue weighted by Gasteiger charge is 2.40. The summed E-state index contributed by atoms with van der Waals surface area (Å²) in [4.78, 5) is 40.2. The molecule has 0 bridgehead atoms. The van der Waals surface area contributed by atoms with Crippen LogP contribution < -0.4 is 5.32 Å². The molecule has 2 fully saturated rings. The van der Waals surface area contributed by atoms with Crippen molar-refractivity contribution in [2.75, 3.05) is 6.54 Å². The highest BCUT2D eigenvalue weighted by Crippen LogP contribution is 2.47. The zero-order chi connectivity index (χ0) is 37.6. The van der Waals surface area contributed by atoms with Gasteiger partial charge in [0.15, 0.2) is 5.78 Å². The largest absolute Gasteiger partial charge is 0.415 e. The maximum atomic E-state index is 12.6. The van der Waals surface area contributed by atoms with Gasteiger partial charge in [-0.05, 0) is 50.7 Å². The Bertz CT molecular complexity index is 2030. The van der Waals surface area contributed by atoms with E-state index in [1.54, 1.807) is 12.4 Å². The number of carbonyl (C=O) groups excluding carboxylic acids is 2. The van der Waals surface area contributed by atoms with Gasteiger partial charge in [-0.1, -0.05) is 72.5 Å². The summed E-state index contributed by atoms with van der Waals surface area (Å²) in [5, 5.41) is 8.83. The third kappa shape index (κ3) is 8.81. The lowest BCUT2D eigenvalue weighted by Gasteiger charge is -2.42. The highest BCUT2D eigenvalue weighted by atomic mass is 19.3. The second-order valence-electron chi connectivity index (χ2n) is 13.8. The molecule has 3 heterocycles. The molecule has 53 heavy (non-hydrogen) atoms. The number of ketones is 1. The molecule has 2 aliphatic carbocycles. The number of hydrogen-bond donors (Lipinski definition) is 1. The molecule has 0 aliphatic heterocycles. The maximum Gasteiger partial charge on any atom is 0.315 e. The molecule has 0 unspecified atom stereocenters. The molecule has 14 heteroatoms. The van der Waals surface area contributed by atoms with Crippen LogP contribution in [0.3, 0.4) is 0 Å². The van der Waals surface area contributed by atoms with Crippen LogP contribution in [0.4, 0.5) is 17.6 Å². The molecule has 10 nitrogen and oxygen atoms in total. The molecular formula is C39H39F4N7O3. The number of aryl methyl sites for hydroxylation is 2. The fourth-order valence-corrected chi connectivity index (χ4v) is 6.83. The van der Waals surface area contributed by atoms with E-state index in [9.17, 15) is 27.2 Å². The summed E-state index contributed by atoms with van der Waals surface area (Å²) < 4.78 is 54.3. The summed E-state index contributed by atoms with van der Waals surface area (Å²) in [5.41, 5.74) is 5.81. The molecule has 276 valence electrons. The van der Waals surface area contributed by atoms with E-state index in [0.29, 0.717) is 17.8 Å². The van der Waals surface area contributed by atoms with E-state index in [0.717, 1.165) is 44.3 Å². The quantitative estimate of drug-likeness (QED) is 0.103. The van der Waals surface area contributed by atoms with Crippen molar-refractivity contribution in [2.24, 2.45) is 0 Å². The number of hydrogen-bond acceptors (Lipinski definition) is 9. The van der Waals surface area contributed by atoms with Gasteiger partial charge in [0.25, 0.3) is 17.7 Å². The summed E-state index contributed by atoms with van der Waals surface area (Å²) >= 11 is 0. The predicted octanol–water partition coefficient (Wildman–Crippen LogP) is 7.45. The molecule has 5 aromatic rings. The minimum Gasteiger partial charge on any atom is -0.415 e. The molecule has 2 aliphatic rings. The van der Waals surface area contributed by atoms with Gasteiger partial charge in [-0.2, -0.15) is 17.6 Å². The van der Waals surface area contributed by atoms with E-state index >= 15 is 0 Å². The molecule has 0 radical (unpaired) electrons. The lowest BCUT2D eigenvalue weighted by atomic mass is 9.62. The average Bonchev–Trinajstić information content (AvgIpc) is 3.62. The van der Waals surface area contributed by atoms with Gasteiger partial charge in [0.2, 0.25) is 0 Å². The summed E-state index contributed by atoms with van der Waals surface area (Å²) in [6.07, 6.45) is 8.12. The topological polar surface area (TPSA) is 137 Å². The summed E-state index contributed by atoms with van der Waals surface area (Å²) in [6, 6.07) is 17.0. The Balaban J connectivity index is 0.000000181. The predicted molar refractivity (Wildman–Crippen MR) is 186 cm³/mol. The van der Waals surface area contributed by atoms with Gasteiger partial charge < -0.3 is 9.73 Å². The van der Waals surface area contributed by atoms with E-state index in [1.165, 1.54) is 41.1 Å². The standard InChI is InChI=1S/C20H21F2N3O2.C19H18F2N4O/c1-13-4-2-5-15(8-13)20(6-3-7-20)9-17-23-10-14(11-24-17)16(26)12-25-19(27)18(21)22;1-12-4-2-5-14(8-12)19(6-3-7-19)9-15-22-10-13(11-23-15)17-24-25-18(26-17)16(20)21/h2,4-5,8,10-11,18H,3,6-7,9,12H2,1H3,(H,25,27);2,4-5,8,10-11,16H,3,6-7,9H2,1H3. The van der Waals surface area contributed by atoms with E-state index < -0.39 is 37.0 Å². The van der Waals surface area contributed by atoms with Crippen molar-refractivity contribution in [2.45, 2.75) is 88.9 Å². The molecule has 1 amide bonds. The first-order valence-corrected chi connectivity index (χ1v) is 17.4. The van der Waals surface area contributed by atoms with Gasteiger partial charge in [-0.15, -0.1) is 10.2 Å². The third-order valence-electron chi connectivity index (χ3n) is 10.1. The van der Waals surface area contributed by atoms with Crippen LogP contribution in [0, 0.1) is 13.8 Å². The van der Waals surface area contributed by atoms with Crippen molar-refractivity contribution in [3.05, 3.63) is 119 Å². The van der Waals surface area contributed by atoms with Gasteiger partial charge in [0, 0.05) is 48.5 Å². The van der Waals surface area contributed by atoms with Crippen molar-refractivity contribution in [3.63, 3.8) is 0 Å². The number of nitrogens with one attached hydrogen (secondary N) is 1. The zero-order valence-electron chi connectivity index (χ0n) is 29.4. The number of Topliss-reactive ketones (excluding diaryl/α,β-unsaturated/α-hetero) is 1. The van der Waals surface area contributed by atoms with Gasteiger partial charge in [0.05, 0.1) is 17.7 Å². The summed E-state index contributed by atoms with van der Waals surface area (Å²) in [6.45, 7) is 3.66. The van der Waals surface area contributed by atoms with E-state index in [-0.39, 0.29) is 22.3 Å². The Labute approximate surface area is 303 Å². The number of halogens is 4. The van der Waals surface area contributed by atoms with Crippen LogP contribution in [0.5, 0.6) is 0 Å². The number of nitrogens with zero attached hydrogens (tertiary/aromatic N) is 6. The molecule has 3 aromatic heterocycles. The zero-order valence-corrected chi connectivity index (χ0v) is 29.4. The van der Waals surface area contributed by atoms with Gasteiger partial charge in [0.1, 0.15) is 11.6 Å². The van der Waals surface area contributed by atoms with Gasteiger partial charge >= 0.3 is 12.9 Å². The molecule has 1 N–H and O–H groups in total. The van der Waals surface area contributed by atoms with Crippen molar-refractivity contribution >= 4 is 11.7 Å². The minimum absolute atomic E-state index is 0.00360. The Kier molecular flexibility index (Phi) is 11.3. The molecule has 2 aromatic carbocycles. The van der Waals surface area contributed by atoms with Crippen LogP contribution in [0.1, 0.15) is 95.1 Å². The first kappa shape index (κ1) is 37.4. The lowest BCUT2D eigenvalue weighted by Crippen LogP contribution is -2.37. The fraction of sp³-hybridized carbons (Fsp3) is 0.385. The number of rotatable bonds is 12. The number of benzene rings is 2. The van der Waals surface area contributed by atoms with Crippen LogP contribution in [0.15, 0.2) is 77.7 Å². The molecular weight excluding hydrogens is 690 g/mol. The van der Waals surface area contributed by atoms with Crippen LogP contribution >= 0.6 is 0 Å². The monoisotopic (exact) mass is 729 g/mol. The van der Waals surface area contributed by atoms with Crippen LogP contribution in [0.2, 0.25) is 0 Å². The van der Waals surface area contributed by atoms with Crippen molar-refractivity contribution in [1.82, 2.24) is 35.5 Å². The first-order chi connectivity index (χ1) is 25.4. The SMILES string of the molecule is Cc1cccc(C2(Cc3ncc(-c4nnc(C(F)F)o4)cn3)CCC2)c1.Cc1cccc(C2(Cc3ncc(C(=O)CNC(=O)C(F)F)cn3)CCC2)c1. The number of amides is 1. The van der Waals surface area contributed by atoms with E-state index in [1.807, 2.05) is 5.32 Å².